The van der Waals surface area contributed by atoms with Crippen LogP contribution in [-0.4, -0.2) is 31.8 Å². The Balaban J connectivity index is 1.55. The zero-order chi connectivity index (χ0) is 24.3. The van der Waals surface area contributed by atoms with Gasteiger partial charge in [-0.3, -0.25) is 0 Å². The second-order valence-electron chi connectivity index (χ2n) is 11.5. The molecule has 3 heteroatoms. The Labute approximate surface area is 210 Å². The Bertz CT molecular complexity index is 1260. The van der Waals surface area contributed by atoms with E-state index in [4.69, 9.17) is 4.74 Å². The van der Waals surface area contributed by atoms with Gasteiger partial charge < -0.3 is 15.0 Å². The Morgan fingerprint density at radius 3 is 2.63 bits per heavy atom. The van der Waals surface area contributed by atoms with Crippen LogP contribution in [0.15, 0.2) is 65.8 Å². The van der Waals surface area contributed by atoms with Gasteiger partial charge in [-0.05, 0) is 93.0 Å². The van der Waals surface area contributed by atoms with Crippen molar-refractivity contribution in [2.75, 3.05) is 25.1 Å². The summed E-state index contributed by atoms with van der Waals surface area (Å²) in [6, 6.07) is 14.2. The minimum atomic E-state index is -0.000325. The van der Waals surface area contributed by atoms with Gasteiger partial charge in [-0.2, -0.15) is 0 Å². The van der Waals surface area contributed by atoms with E-state index in [0.717, 1.165) is 12.2 Å². The smallest absolute Gasteiger partial charge is 0.126 e. The highest BCUT2D eigenvalue weighted by atomic mass is 16.5. The van der Waals surface area contributed by atoms with Crippen molar-refractivity contribution in [3.63, 3.8) is 0 Å². The predicted octanol–water partition coefficient (Wildman–Crippen LogP) is 6.58. The molecule has 3 nitrogen and oxygen atoms in total. The van der Waals surface area contributed by atoms with Gasteiger partial charge in [-0.1, -0.05) is 42.0 Å². The minimum Gasteiger partial charge on any atom is -0.496 e. The summed E-state index contributed by atoms with van der Waals surface area (Å²) < 4.78 is 5.90. The second kappa shape index (κ2) is 8.41. The standard InChI is InChI=1S/C32H38N2O/c1-20-15-23(17-24(16-20)34-13-6-7-14-34)26-18-22-9-8-10-28(35-5)30(22)25-11-12-27-29(31(25)26)21(2)19-32(3,4)33-27/h8-12,15-17,19,26-27,29,33H,6-7,13-14,18H2,1-5H3. The lowest BCUT2D eigenvalue weighted by Gasteiger charge is -2.46. The van der Waals surface area contributed by atoms with Crippen LogP contribution >= 0.6 is 0 Å². The monoisotopic (exact) mass is 466 g/mol. The lowest BCUT2D eigenvalue weighted by atomic mass is 9.64. The molecule has 2 aliphatic carbocycles. The number of hydrogen-bond acceptors (Lipinski definition) is 3. The van der Waals surface area contributed by atoms with Crippen molar-refractivity contribution in [3.05, 3.63) is 88.0 Å². The molecule has 0 bridgehead atoms. The number of allylic oxidation sites excluding steroid dienone is 2. The summed E-state index contributed by atoms with van der Waals surface area (Å²) >= 11 is 0. The van der Waals surface area contributed by atoms with Crippen LogP contribution in [-0.2, 0) is 6.42 Å². The number of benzene rings is 2. The van der Waals surface area contributed by atoms with Crippen LogP contribution < -0.4 is 15.0 Å². The SMILES string of the molecule is COc1cccc2c1C1=C(C(c3cc(C)cc(N4CCCC4)c3)C2)C2C(C)=CC(C)(C)NC2C=C1. The highest BCUT2D eigenvalue weighted by molar-refractivity contribution is 5.87. The lowest BCUT2D eigenvalue weighted by molar-refractivity contribution is 0.350. The Morgan fingerprint density at radius 1 is 1.06 bits per heavy atom. The number of aryl methyl sites for hydroxylation is 1. The molecule has 2 aliphatic heterocycles. The number of fused-ring (bicyclic) bond motifs is 4. The van der Waals surface area contributed by atoms with E-state index in [9.17, 15) is 0 Å². The molecule has 2 heterocycles. The summed E-state index contributed by atoms with van der Waals surface area (Å²) in [5.41, 5.74) is 11.3. The van der Waals surface area contributed by atoms with E-state index in [-0.39, 0.29) is 5.54 Å². The average Bonchev–Trinajstić information content (AvgIpc) is 3.36. The third kappa shape index (κ3) is 3.85. The average molecular weight is 467 g/mol. The van der Waals surface area contributed by atoms with Gasteiger partial charge in [-0.25, -0.2) is 0 Å². The van der Waals surface area contributed by atoms with Crippen LogP contribution in [0.1, 0.15) is 61.8 Å². The summed E-state index contributed by atoms with van der Waals surface area (Å²) in [5.74, 6) is 1.71. The van der Waals surface area contributed by atoms with Gasteiger partial charge >= 0.3 is 0 Å². The second-order valence-corrected chi connectivity index (χ2v) is 11.5. The maximum atomic E-state index is 5.90. The number of anilines is 1. The number of ether oxygens (including phenoxy) is 1. The Hall–Kier alpha value is -2.78. The molecule has 2 aromatic rings. The fourth-order valence-corrected chi connectivity index (χ4v) is 7.19. The number of rotatable bonds is 3. The van der Waals surface area contributed by atoms with Crippen molar-refractivity contribution in [3.8, 4) is 5.75 Å². The highest BCUT2D eigenvalue weighted by Gasteiger charge is 2.42. The van der Waals surface area contributed by atoms with Gasteiger partial charge in [0.15, 0.2) is 0 Å². The molecule has 1 N–H and O–H groups in total. The third-order valence-electron chi connectivity index (χ3n) is 8.45. The van der Waals surface area contributed by atoms with Crippen molar-refractivity contribution in [1.82, 2.24) is 5.32 Å². The van der Waals surface area contributed by atoms with Crippen molar-refractivity contribution in [1.29, 1.82) is 0 Å². The van der Waals surface area contributed by atoms with Crippen LogP contribution in [0.3, 0.4) is 0 Å². The molecule has 4 aliphatic rings. The van der Waals surface area contributed by atoms with Gasteiger partial charge in [0.2, 0.25) is 0 Å². The van der Waals surface area contributed by atoms with E-state index in [2.05, 4.69) is 92.5 Å². The van der Waals surface area contributed by atoms with Crippen molar-refractivity contribution < 1.29 is 4.74 Å². The molecule has 35 heavy (non-hydrogen) atoms. The van der Waals surface area contributed by atoms with Crippen LogP contribution in [0.2, 0.25) is 0 Å². The molecule has 3 unspecified atom stereocenters. The number of methoxy groups -OCH3 is 1. The summed E-state index contributed by atoms with van der Waals surface area (Å²) in [6.07, 6.45) is 10.8. The topological polar surface area (TPSA) is 24.5 Å². The molecule has 2 aromatic carbocycles. The fourth-order valence-electron chi connectivity index (χ4n) is 7.19. The summed E-state index contributed by atoms with van der Waals surface area (Å²) in [5, 5.41) is 3.91. The van der Waals surface area contributed by atoms with Gasteiger partial charge in [0.1, 0.15) is 5.75 Å². The maximum Gasteiger partial charge on any atom is 0.126 e. The number of nitrogens with one attached hydrogen (secondary N) is 1. The van der Waals surface area contributed by atoms with Crippen molar-refractivity contribution in [2.24, 2.45) is 5.92 Å². The predicted molar refractivity (Wildman–Crippen MR) is 146 cm³/mol. The van der Waals surface area contributed by atoms with E-state index in [0.29, 0.717) is 17.9 Å². The summed E-state index contributed by atoms with van der Waals surface area (Å²) in [7, 11) is 1.80. The Kier molecular flexibility index (Phi) is 5.45. The molecular formula is C32H38N2O. The first kappa shape index (κ1) is 22.7. The van der Waals surface area contributed by atoms with E-state index in [1.54, 1.807) is 12.7 Å². The van der Waals surface area contributed by atoms with E-state index < -0.39 is 0 Å². The molecule has 0 spiro atoms. The van der Waals surface area contributed by atoms with Gasteiger partial charge in [0.05, 0.1) is 7.11 Å². The zero-order valence-electron chi connectivity index (χ0n) is 21.8. The molecule has 3 atom stereocenters. The van der Waals surface area contributed by atoms with Crippen molar-refractivity contribution >= 4 is 11.3 Å². The largest absolute Gasteiger partial charge is 0.496 e. The number of hydrogen-bond donors (Lipinski definition) is 1. The van der Waals surface area contributed by atoms with Crippen LogP contribution in [0, 0.1) is 12.8 Å². The molecule has 0 aromatic heterocycles. The molecule has 0 saturated carbocycles. The summed E-state index contributed by atoms with van der Waals surface area (Å²) in [6.45, 7) is 11.5. The number of nitrogens with zero attached hydrogens (tertiary/aromatic N) is 1. The Morgan fingerprint density at radius 2 is 1.86 bits per heavy atom. The van der Waals surface area contributed by atoms with E-state index in [1.165, 1.54) is 65.0 Å². The lowest BCUT2D eigenvalue weighted by Crippen LogP contribution is -2.53. The van der Waals surface area contributed by atoms with Crippen LogP contribution in [0.25, 0.3) is 5.57 Å². The molecule has 0 amide bonds. The van der Waals surface area contributed by atoms with E-state index in [1.807, 2.05) is 0 Å². The molecule has 1 fully saturated rings. The minimum absolute atomic E-state index is 0.000325. The van der Waals surface area contributed by atoms with Gasteiger partial charge in [0, 0.05) is 47.8 Å². The van der Waals surface area contributed by atoms with Crippen molar-refractivity contribution in [2.45, 2.75) is 64.5 Å². The fraction of sp³-hybridized carbons (Fsp3) is 0.438. The summed E-state index contributed by atoms with van der Waals surface area (Å²) in [4.78, 5) is 2.57. The normalized spacial score (nSPS) is 26.7. The van der Waals surface area contributed by atoms with E-state index >= 15 is 0 Å². The molecule has 0 radical (unpaired) electrons. The maximum absolute atomic E-state index is 5.90. The van der Waals surface area contributed by atoms with Gasteiger partial charge in [0.25, 0.3) is 0 Å². The first-order chi connectivity index (χ1) is 16.8. The highest BCUT2D eigenvalue weighted by Crippen LogP contribution is 2.52. The third-order valence-corrected chi connectivity index (χ3v) is 8.45. The quantitative estimate of drug-likeness (QED) is 0.517. The molecule has 182 valence electrons. The molecular weight excluding hydrogens is 428 g/mol. The van der Waals surface area contributed by atoms with Crippen LogP contribution in [0.4, 0.5) is 5.69 Å². The first-order valence-corrected chi connectivity index (χ1v) is 13.3. The zero-order valence-corrected chi connectivity index (χ0v) is 21.8. The molecule has 1 saturated heterocycles. The first-order valence-electron chi connectivity index (χ1n) is 13.3. The molecule has 6 rings (SSSR count). The van der Waals surface area contributed by atoms with Crippen LogP contribution in [0.5, 0.6) is 5.75 Å². The van der Waals surface area contributed by atoms with Gasteiger partial charge in [-0.15, -0.1) is 0 Å².